The molecule has 1 unspecified atom stereocenters. The molecule has 3 N–H and O–H groups in total. The Labute approximate surface area is 231 Å². The monoisotopic (exact) mass is 563 g/mol. The third-order valence-corrected chi connectivity index (χ3v) is 9.01. The minimum Gasteiger partial charge on any atom is -0.488 e. The van der Waals surface area contributed by atoms with Crippen LogP contribution >= 0.6 is 0 Å². The highest BCUT2D eigenvalue weighted by atomic mass is 32.2. The van der Waals surface area contributed by atoms with Crippen molar-refractivity contribution in [3.63, 3.8) is 0 Å². The Morgan fingerprint density at radius 1 is 1.12 bits per heavy atom. The lowest BCUT2D eigenvalue weighted by atomic mass is 9.86. The molecule has 208 valence electrons. The van der Waals surface area contributed by atoms with Gasteiger partial charge >= 0.3 is 5.97 Å². The first-order chi connectivity index (χ1) is 18.9. The number of amides is 1. The Bertz CT molecular complexity index is 1750. The standard InChI is InChI=1S/C28H29N5O6S/c1-16-4-5-18(22(13-27(34)35)19-6-8-24-23(11-19)30-31-32(24)3)10-21(16)15-33-14-17(2)39-25-9-7-20(28(29)36)12-26(25)40(33,37)38/h4-12,17,22H,13-15H2,1-3H3,(H2,29,36)(H,34,35)/t17-,22?/m1/s1. The lowest BCUT2D eigenvalue weighted by molar-refractivity contribution is -0.137. The molecular weight excluding hydrogens is 534 g/mol. The van der Waals surface area contributed by atoms with Crippen LogP contribution in [0.3, 0.4) is 0 Å². The highest BCUT2D eigenvalue weighted by Crippen LogP contribution is 2.35. The summed E-state index contributed by atoms with van der Waals surface area (Å²) in [5.41, 5.74) is 10.0. The van der Waals surface area contributed by atoms with E-state index in [2.05, 4.69) is 10.3 Å². The largest absolute Gasteiger partial charge is 0.488 e. The van der Waals surface area contributed by atoms with Crippen molar-refractivity contribution < 1.29 is 27.9 Å². The maximum atomic E-state index is 13.8. The fourth-order valence-electron chi connectivity index (χ4n) is 5.03. The van der Waals surface area contributed by atoms with Gasteiger partial charge < -0.3 is 15.6 Å². The molecule has 0 fully saturated rings. The number of aryl methyl sites for hydroxylation is 2. The van der Waals surface area contributed by atoms with E-state index in [0.717, 1.165) is 27.8 Å². The number of primary amides is 1. The van der Waals surface area contributed by atoms with E-state index < -0.39 is 33.9 Å². The molecule has 0 saturated heterocycles. The molecule has 0 aliphatic carbocycles. The zero-order valence-corrected chi connectivity index (χ0v) is 23.1. The van der Waals surface area contributed by atoms with Gasteiger partial charge in [-0.15, -0.1) is 5.10 Å². The smallest absolute Gasteiger partial charge is 0.304 e. The first-order valence-electron chi connectivity index (χ1n) is 12.6. The summed E-state index contributed by atoms with van der Waals surface area (Å²) in [6, 6.07) is 15.3. The van der Waals surface area contributed by atoms with Crippen LogP contribution in [-0.2, 0) is 28.4 Å². The molecule has 2 heterocycles. The second-order valence-corrected chi connectivity index (χ2v) is 12.0. The topological polar surface area (TPSA) is 158 Å². The molecule has 1 aliphatic rings. The van der Waals surface area contributed by atoms with E-state index in [9.17, 15) is 23.1 Å². The lowest BCUT2D eigenvalue weighted by Crippen LogP contribution is -2.35. The summed E-state index contributed by atoms with van der Waals surface area (Å²) in [7, 11) is -2.28. The van der Waals surface area contributed by atoms with Crippen LogP contribution in [0.2, 0.25) is 0 Å². The molecule has 4 aromatic rings. The molecule has 0 radical (unpaired) electrons. The Morgan fingerprint density at radius 3 is 2.58 bits per heavy atom. The van der Waals surface area contributed by atoms with Gasteiger partial charge in [0.15, 0.2) is 0 Å². The summed E-state index contributed by atoms with van der Waals surface area (Å²) in [5, 5.41) is 17.9. The van der Waals surface area contributed by atoms with Gasteiger partial charge in [0.05, 0.1) is 18.5 Å². The molecule has 0 spiro atoms. The normalized spacial score (nSPS) is 17.5. The van der Waals surface area contributed by atoms with Gasteiger partial charge in [-0.2, -0.15) is 4.31 Å². The summed E-state index contributed by atoms with van der Waals surface area (Å²) in [6.07, 6.45) is -0.623. The summed E-state index contributed by atoms with van der Waals surface area (Å²) in [4.78, 5) is 23.5. The number of nitrogens with two attached hydrogens (primary N) is 1. The van der Waals surface area contributed by atoms with Gasteiger partial charge in [0.2, 0.25) is 15.9 Å². The van der Waals surface area contributed by atoms with Crippen LogP contribution in [0.1, 0.15) is 51.9 Å². The number of nitrogens with zero attached hydrogens (tertiary/aromatic N) is 4. The van der Waals surface area contributed by atoms with Crippen molar-refractivity contribution in [3.8, 4) is 5.75 Å². The Balaban J connectivity index is 1.54. The molecular formula is C28H29N5O6S. The number of hydrogen-bond acceptors (Lipinski definition) is 7. The zero-order valence-electron chi connectivity index (χ0n) is 22.2. The fraction of sp³-hybridized carbons (Fsp3) is 0.286. The number of sulfonamides is 1. The molecule has 1 aromatic heterocycles. The number of carbonyl (C=O) groups excluding carboxylic acids is 1. The highest BCUT2D eigenvalue weighted by Gasteiger charge is 2.34. The van der Waals surface area contributed by atoms with Gasteiger partial charge in [0.25, 0.3) is 0 Å². The van der Waals surface area contributed by atoms with E-state index in [1.807, 2.05) is 43.3 Å². The van der Waals surface area contributed by atoms with E-state index >= 15 is 0 Å². The minimum atomic E-state index is -4.06. The third kappa shape index (κ3) is 5.15. The predicted molar refractivity (Wildman–Crippen MR) is 146 cm³/mol. The number of rotatable bonds is 7. The second-order valence-electron chi connectivity index (χ2n) is 10.0. The summed E-state index contributed by atoms with van der Waals surface area (Å²) >= 11 is 0. The number of aliphatic carboxylic acids is 1. The third-order valence-electron chi connectivity index (χ3n) is 7.17. The number of carboxylic acid groups (broad SMARTS) is 1. The second kappa shape index (κ2) is 10.4. The SMILES string of the molecule is Cc1ccc(C(CC(=O)O)c2ccc3c(c2)nnn3C)cc1CN1C[C@@H](C)Oc2ccc(C(N)=O)cc2S1(=O)=O. The maximum Gasteiger partial charge on any atom is 0.304 e. The molecule has 5 rings (SSSR count). The number of ether oxygens (including phenoxy) is 1. The van der Waals surface area contributed by atoms with E-state index in [4.69, 9.17) is 10.5 Å². The molecule has 0 saturated carbocycles. The van der Waals surface area contributed by atoms with Gasteiger partial charge in [0, 0.05) is 25.1 Å². The van der Waals surface area contributed by atoms with Crippen molar-refractivity contribution in [1.82, 2.24) is 19.3 Å². The van der Waals surface area contributed by atoms with Crippen LogP contribution < -0.4 is 10.5 Å². The average Bonchev–Trinajstić information content (AvgIpc) is 3.23. The molecule has 12 heteroatoms. The first-order valence-corrected chi connectivity index (χ1v) is 14.1. The van der Waals surface area contributed by atoms with Crippen LogP contribution in [-0.4, -0.2) is 57.3 Å². The van der Waals surface area contributed by atoms with Gasteiger partial charge in [-0.3, -0.25) is 9.59 Å². The molecule has 1 aliphatic heterocycles. The van der Waals surface area contributed by atoms with Crippen molar-refractivity contribution in [3.05, 3.63) is 82.4 Å². The first kappa shape index (κ1) is 27.3. The number of hydrogen-bond donors (Lipinski definition) is 2. The van der Waals surface area contributed by atoms with Gasteiger partial charge in [-0.1, -0.05) is 29.5 Å². The summed E-state index contributed by atoms with van der Waals surface area (Å²) in [6.45, 7) is 3.75. The van der Waals surface area contributed by atoms with Crippen LogP contribution in [0.5, 0.6) is 5.75 Å². The zero-order chi connectivity index (χ0) is 28.8. The van der Waals surface area contributed by atoms with Crippen LogP contribution in [0.25, 0.3) is 11.0 Å². The quantitative estimate of drug-likeness (QED) is 0.347. The molecule has 2 atom stereocenters. The molecule has 11 nitrogen and oxygen atoms in total. The van der Waals surface area contributed by atoms with Crippen LogP contribution in [0, 0.1) is 6.92 Å². The Morgan fingerprint density at radius 2 is 1.85 bits per heavy atom. The minimum absolute atomic E-state index is 0.0267. The summed E-state index contributed by atoms with van der Waals surface area (Å²) < 4.78 is 36.4. The molecule has 1 amide bonds. The van der Waals surface area contributed by atoms with Crippen molar-refractivity contribution in [2.24, 2.45) is 12.8 Å². The van der Waals surface area contributed by atoms with Crippen molar-refractivity contribution >= 4 is 32.9 Å². The van der Waals surface area contributed by atoms with Gasteiger partial charge in [-0.05, 0) is 66.4 Å². The average molecular weight is 564 g/mol. The van der Waals surface area contributed by atoms with Gasteiger partial charge in [-0.25, -0.2) is 13.1 Å². The number of fused-ring (bicyclic) bond motifs is 2. The van der Waals surface area contributed by atoms with E-state index in [1.165, 1.54) is 22.5 Å². The summed E-state index contributed by atoms with van der Waals surface area (Å²) in [5.74, 6) is -2.04. The lowest BCUT2D eigenvalue weighted by Gasteiger charge is -2.24. The van der Waals surface area contributed by atoms with Crippen molar-refractivity contribution in [2.75, 3.05) is 6.54 Å². The number of benzene rings is 3. The number of aromatic nitrogens is 3. The van der Waals surface area contributed by atoms with E-state index in [1.54, 1.807) is 18.7 Å². The predicted octanol–water partition coefficient (Wildman–Crippen LogP) is 2.95. The molecule has 0 bridgehead atoms. The molecule has 3 aromatic carbocycles. The van der Waals surface area contributed by atoms with Crippen molar-refractivity contribution in [2.45, 2.75) is 43.7 Å². The number of carboxylic acids is 1. The van der Waals surface area contributed by atoms with Crippen molar-refractivity contribution in [1.29, 1.82) is 0 Å². The highest BCUT2D eigenvalue weighted by molar-refractivity contribution is 7.89. The molecule has 40 heavy (non-hydrogen) atoms. The van der Waals surface area contributed by atoms with E-state index in [-0.39, 0.29) is 35.7 Å². The van der Waals surface area contributed by atoms with Crippen LogP contribution in [0.15, 0.2) is 59.5 Å². The van der Waals surface area contributed by atoms with E-state index in [0.29, 0.717) is 5.52 Å². The Hall–Kier alpha value is -4.29. The Kier molecular flexibility index (Phi) is 7.06. The fourth-order valence-corrected chi connectivity index (χ4v) is 6.67. The van der Waals surface area contributed by atoms with Gasteiger partial charge in [0.1, 0.15) is 22.3 Å². The van der Waals surface area contributed by atoms with Crippen LogP contribution in [0.4, 0.5) is 0 Å². The number of carbonyl (C=O) groups is 2. The maximum absolute atomic E-state index is 13.8.